The van der Waals surface area contributed by atoms with Gasteiger partial charge in [0, 0.05) is 17.5 Å². The van der Waals surface area contributed by atoms with Crippen molar-refractivity contribution >= 4 is 11.5 Å². The molecule has 0 amide bonds. The van der Waals surface area contributed by atoms with Crippen LogP contribution in [-0.4, -0.2) is 12.9 Å². The summed E-state index contributed by atoms with van der Waals surface area (Å²) in [6.07, 6.45) is -3.16. The Kier molecular flexibility index (Phi) is 4.58. The van der Waals surface area contributed by atoms with Gasteiger partial charge in [-0.3, -0.25) is 4.79 Å². The lowest BCUT2D eigenvalue weighted by atomic mass is 10.1. The first kappa shape index (κ1) is 15.1. The van der Waals surface area contributed by atoms with Crippen LogP contribution in [0.5, 0.6) is 5.75 Å². The van der Waals surface area contributed by atoms with E-state index in [1.54, 1.807) is 6.92 Å². The smallest absolute Gasteiger partial charge is 0.416 e. The van der Waals surface area contributed by atoms with Crippen LogP contribution in [0.25, 0.3) is 0 Å². The zero-order valence-electron chi connectivity index (χ0n) is 10.8. The summed E-state index contributed by atoms with van der Waals surface area (Å²) in [5, 5.41) is 2.72. The normalized spacial score (nSPS) is 12.2. The van der Waals surface area contributed by atoms with Crippen LogP contribution in [0, 0.1) is 0 Å². The van der Waals surface area contributed by atoms with Gasteiger partial charge in [-0.25, -0.2) is 0 Å². The van der Waals surface area contributed by atoms with Gasteiger partial charge in [0.25, 0.3) is 0 Å². The summed E-state index contributed by atoms with van der Waals surface area (Å²) in [5.41, 5.74) is -0.152. The second-order valence-electron chi connectivity index (χ2n) is 4.01. The second kappa shape index (κ2) is 5.77. The molecule has 0 saturated heterocycles. The lowest BCUT2D eigenvalue weighted by molar-refractivity contribution is -0.137. The van der Waals surface area contributed by atoms with Crippen molar-refractivity contribution < 1.29 is 22.7 Å². The van der Waals surface area contributed by atoms with Crippen LogP contribution in [0.1, 0.15) is 19.4 Å². The fourth-order valence-electron chi connectivity index (χ4n) is 1.52. The predicted molar refractivity (Wildman–Crippen MR) is 66.1 cm³/mol. The molecule has 0 fully saturated rings. The minimum absolute atomic E-state index is 0.0907. The maximum absolute atomic E-state index is 12.7. The molecule has 0 aliphatic heterocycles. The molecule has 6 heteroatoms. The fourth-order valence-corrected chi connectivity index (χ4v) is 1.52. The molecule has 0 unspecified atom stereocenters. The maximum Gasteiger partial charge on any atom is 0.416 e. The molecule has 0 spiro atoms. The summed E-state index contributed by atoms with van der Waals surface area (Å²) in [7, 11) is 1.29. The zero-order valence-corrected chi connectivity index (χ0v) is 10.8. The Morgan fingerprint density at radius 1 is 1.26 bits per heavy atom. The molecule has 1 aromatic carbocycles. The molecule has 19 heavy (non-hydrogen) atoms. The summed E-state index contributed by atoms with van der Waals surface area (Å²) in [6.45, 7) is 2.95. The van der Waals surface area contributed by atoms with E-state index in [4.69, 9.17) is 4.74 Å². The van der Waals surface area contributed by atoms with Crippen molar-refractivity contribution in [3.63, 3.8) is 0 Å². The Morgan fingerprint density at radius 2 is 1.89 bits per heavy atom. The number of hydrogen-bond acceptors (Lipinski definition) is 3. The first-order chi connectivity index (χ1) is 8.72. The van der Waals surface area contributed by atoms with E-state index < -0.39 is 11.7 Å². The van der Waals surface area contributed by atoms with E-state index in [9.17, 15) is 18.0 Å². The highest BCUT2D eigenvalue weighted by Crippen LogP contribution is 2.34. The molecule has 0 atom stereocenters. The van der Waals surface area contributed by atoms with Crippen LogP contribution in [-0.2, 0) is 11.0 Å². The molecule has 0 aromatic heterocycles. The van der Waals surface area contributed by atoms with Crippen molar-refractivity contribution in [2.75, 3.05) is 12.4 Å². The number of allylic oxidation sites excluding steroid dienone is 2. The highest BCUT2D eigenvalue weighted by molar-refractivity contribution is 5.88. The maximum atomic E-state index is 12.7. The minimum Gasteiger partial charge on any atom is -0.497 e. The third-order valence-corrected chi connectivity index (χ3v) is 2.23. The number of ether oxygens (including phenoxy) is 1. The number of alkyl halides is 3. The number of halogens is 3. The molecular weight excluding hydrogens is 259 g/mol. The molecule has 0 aliphatic carbocycles. The molecule has 1 rings (SSSR count). The number of methoxy groups -OCH3 is 1. The quantitative estimate of drug-likeness (QED) is 0.851. The molecule has 104 valence electrons. The third kappa shape index (κ3) is 4.65. The summed E-state index contributed by atoms with van der Waals surface area (Å²) in [4.78, 5) is 10.9. The highest BCUT2D eigenvalue weighted by Gasteiger charge is 2.31. The van der Waals surface area contributed by atoms with E-state index in [0.717, 1.165) is 12.1 Å². The molecule has 0 heterocycles. The predicted octanol–water partition coefficient (Wildman–Crippen LogP) is 3.62. The highest BCUT2D eigenvalue weighted by atomic mass is 19.4. The second-order valence-corrected chi connectivity index (χ2v) is 4.01. The van der Waals surface area contributed by atoms with E-state index in [1.165, 1.54) is 26.2 Å². The number of hydrogen-bond donors (Lipinski definition) is 1. The molecule has 3 nitrogen and oxygen atoms in total. The van der Waals surface area contributed by atoms with Gasteiger partial charge in [-0.15, -0.1) is 0 Å². The minimum atomic E-state index is -4.46. The number of carbonyl (C=O) groups is 1. The van der Waals surface area contributed by atoms with E-state index in [1.807, 2.05) is 0 Å². The lowest BCUT2D eigenvalue weighted by Gasteiger charge is -2.13. The van der Waals surface area contributed by atoms with Crippen molar-refractivity contribution in [2.24, 2.45) is 0 Å². The summed E-state index contributed by atoms with van der Waals surface area (Å²) >= 11 is 0. The van der Waals surface area contributed by atoms with E-state index >= 15 is 0 Å². The standard InChI is InChI=1S/C13H14F3NO2/c1-8(4-9(2)18)17-11-5-10(13(14,15)16)6-12(7-11)19-3/h4-7,17H,1-3H3/b8-4-. The summed E-state index contributed by atoms with van der Waals surface area (Å²) < 4.78 is 42.9. The lowest BCUT2D eigenvalue weighted by Crippen LogP contribution is -2.07. The van der Waals surface area contributed by atoms with Crippen molar-refractivity contribution in [3.05, 3.63) is 35.5 Å². The number of nitrogens with one attached hydrogen (secondary N) is 1. The monoisotopic (exact) mass is 273 g/mol. The Morgan fingerprint density at radius 3 is 2.37 bits per heavy atom. The first-order valence-corrected chi connectivity index (χ1v) is 5.44. The molecule has 0 saturated carbocycles. The SMILES string of the molecule is COc1cc(N/C(C)=C\C(C)=O)cc(C(F)(F)F)c1. The Labute approximate surface area is 109 Å². The van der Waals surface area contributed by atoms with Crippen LogP contribution in [0.2, 0.25) is 0 Å². The van der Waals surface area contributed by atoms with Gasteiger partial charge < -0.3 is 10.1 Å². The number of ketones is 1. The van der Waals surface area contributed by atoms with Crippen molar-refractivity contribution in [3.8, 4) is 5.75 Å². The topological polar surface area (TPSA) is 38.3 Å². The van der Waals surface area contributed by atoms with Gasteiger partial charge in [-0.05, 0) is 32.1 Å². The van der Waals surface area contributed by atoms with Crippen LogP contribution in [0.4, 0.5) is 18.9 Å². The molecule has 1 N–H and O–H groups in total. The number of rotatable bonds is 4. The van der Waals surface area contributed by atoms with E-state index in [-0.39, 0.29) is 17.2 Å². The van der Waals surface area contributed by atoms with Crippen LogP contribution in [0.3, 0.4) is 0 Å². The number of anilines is 1. The molecule has 0 aliphatic rings. The van der Waals surface area contributed by atoms with Crippen LogP contribution in [0.15, 0.2) is 30.0 Å². The number of carbonyl (C=O) groups excluding carboxylic acids is 1. The Hall–Kier alpha value is -1.98. The third-order valence-electron chi connectivity index (χ3n) is 2.23. The van der Waals surface area contributed by atoms with Crippen LogP contribution >= 0.6 is 0 Å². The summed E-state index contributed by atoms with van der Waals surface area (Å²) in [5.74, 6) is -0.100. The fraction of sp³-hybridized carbons (Fsp3) is 0.308. The van der Waals surface area contributed by atoms with Crippen LogP contribution < -0.4 is 10.1 Å². The van der Waals surface area contributed by atoms with Gasteiger partial charge in [0.1, 0.15) is 5.75 Å². The van der Waals surface area contributed by atoms with E-state index in [2.05, 4.69) is 5.32 Å². The van der Waals surface area contributed by atoms with Crippen molar-refractivity contribution in [1.29, 1.82) is 0 Å². The van der Waals surface area contributed by atoms with Gasteiger partial charge in [0.05, 0.1) is 12.7 Å². The average Bonchev–Trinajstić information content (AvgIpc) is 2.25. The zero-order chi connectivity index (χ0) is 14.6. The van der Waals surface area contributed by atoms with Gasteiger partial charge >= 0.3 is 6.18 Å². The summed E-state index contributed by atoms with van der Waals surface area (Å²) in [6, 6.07) is 3.29. The molecule has 0 bridgehead atoms. The van der Waals surface area contributed by atoms with Gasteiger partial charge in [0.2, 0.25) is 0 Å². The molecule has 1 aromatic rings. The Bertz CT molecular complexity index is 507. The molecular formula is C13H14F3NO2. The van der Waals surface area contributed by atoms with E-state index in [0.29, 0.717) is 5.70 Å². The van der Waals surface area contributed by atoms with Gasteiger partial charge in [-0.2, -0.15) is 13.2 Å². The number of benzene rings is 1. The first-order valence-electron chi connectivity index (χ1n) is 5.44. The average molecular weight is 273 g/mol. The van der Waals surface area contributed by atoms with Gasteiger partial charge in [0.15, 0.2) is 5.78 Å². The largest absolute Gasteiger partial charge is 0.497 e. The molecule has 0 radical (unpaired) electrons. The van der Waals surface area contributed by atoms with Crippen molar-refractivity contribution in [1.82, 2.24) is 0 Å². The Balaban J connectivity index is 3.11. The van der Waals surface area contributed by atoms with Gasteiger partial charge in [-0.1, -0.05) is 0 Å². The van der Waals surface area contributed by atoms with Crippen molar-refractivity contribution in [2.45, 2.75) is 20.0 Å².